The summed E-state index contributed by atoms with van der Waals surface area (Å²) in [6.07, 6.45) is 2.46. The van der Waals surface area contributed by atoms with Crippen molar-refractivity contribution in [3.8, 4) is 17.2 Å². The highest BCUT2D eigenvalue weighted by molar-refractivity contribution is 7.89. The van der Waals surface area contributed by atoms with Crippen LogP contribution in [0.5, 0.6) is 17.2 Å². The van der Waals surface area contributed by atoms with Crippen LogP contribution in [-0.4, -0.2) is 97.8 Å². The molecule has 51 heavy (non-hydrogen) atoms. The third-order valence-electron chi connectivity index (χ3n) is 9.52. The maximum Gasteiger partial charge on any atom is 0.326 e. The van der Waals surface area contributed by atoms with E-state index in [0.29, 0.717) is 49.6 Å². The van der Waals surface area contributed by atoms with E-state index in [2.05, 4.69) is 4.98 Å². The van der Waals surface area contributed by atoms with E-state index in [4.69, 9.17) is 23.7 Å². The minimum atomic E-state index is -3.95. The fourth-order valence-electron chi connectivity index (χ4n) is 6.85. The lowest BCUT2D eigenvalue weighted by molar-refractivity contribution is -0.153. The van der Waals surface area contributed by atoms with Crippen LogP contribution in [-0.2, 0) is 24.3 Å². The second-order valence-corrected chi connectivity index (χ2v) is 14.5. The predicted molar refractivity (Wildman–Crippen MR) is 185 cm³/mol. The standard InChI is InChI=1S/C36H40N4O10S/c1-46-27-7-9-28(10-8-27)51(44,45)39(16-18-41)17-19-47-34-22-25(24-6-11-31-32(20-24)49-23-48-31)21-33(50-34)35(42)38-14-12-26(13-15-38)40-30-5-3-2-4-29(30)37-36(40)43/h2-11,20-21,25-26,34,41H,12-19,22-23H2,1H3,(H,37,43). The van der Waals surface area contributed by atoms with Crippen LogP contribution in [0, 0.1) is 0 Å². The molecule has 2 N–H and O–H groups in total. The maximum atomic E-state index is 14.0. The Balaban J connectivity index is 1.06. The van der Waals surface area contributed by atoms with Crippen LogP contribution in [0.3, 0.4) is 0 Å². The number of piperidine rings is 1. The molecule has 0 aliphatic carbocycles. The van der Waals surface area contributed by atoms with Crippen molar-refractivity contribution in [2.75, 3.05) is 53.3 Å². The van der Waals surface area contributed by atoms with E-state index < -0.39 is 16.3 Å². The molecule has 14 nitrogen and oxygen atoms in total. The first-order chi connectivity index (χ1) is 24.7. The Bertz CT molecular complexity index is 2070. The Hall–Kier alpha value is -4.83. The molecule has 4 heterocycles. The molecule has 2 unspecified atom stereocenters. The zero-order valence-electron chi connectivity index (χ0n) is 28.1. The number of methoxy groups -OCH3 is 1. The average molecular weight is 721 g/mol. The molecule has 1 fully saturated rings. The average Bonchev–Trinajstić information content (AvgIpc) is 3.77. The van der Waals surface area contributed by atoms with Crippen LogP contribution in [0.4, 0.5) is 0 Å². The van der Waals surface area contributed by atoms with Crippen LogP contribution in [0.1, 0.15) is 36.8 Å². The van der Waals surface area contributed by atoms with Crippen molar-refractivity contribution in [3.05, 3.63) is 94.6 Å². The van der Waals surface area contributed by atoms with E-state index in [0.717, 1.165) is 20.9 Å². The van der Waals surface area contributed by atoms with Crippen molar-refractivity contribution in [1.82, 2.24) is 18.8 Å². The van der Waals surface area contributed by atoms with Crippen LogP contribution in [0.25, 0.3) is 11.0 Å². The molecule has 7 rings (SSSR count). The monoisotopic (exact) mass is 720 g/mol. The number of sulfonamides is 1. The number of rotatable bonds is 12. The topological polar surface area (TPSA) is 162 Å². The maximum absolute atomic E-state index is 14.0. The lowest BCUT2D eigenvalue weighted by Gasteiger charge is -2.35. The molecule has 2 atom stereocenters. The number of aliphatic hydroxyl groups is 1. The summed E-state index contributed by atoms with van der Waals surface area (Å²) in [5.41, 5.74) is 2.33. The zero-order chi connectivity index (χ0) is 35.5. The number of aromatic amines is 1. The Morgan fingerprint density at radius 2 is 1.78 bits per heavy atom. The van der Waals surface area contributed by atoms with Gasteiger partial charge in [0.15, 0.2) is 17.3 Å². The summed E-state index contributed by atoms with van der Waals surface area (Å²) < 4.78 is 58.3. The number of hydrogen-bond acceptors (Lipinski definition) is 10. The molecule has 1 saturated heterocycles. The van der Waals surface area contributed by atoms with E-state index in [9.17, 15) is 23.1 Å². The Morgan fingerprint density at radius 1 is 1.02 bits per heavy atom. The SMILES string of the molecule is COc1ccc(S(=O)(=O)N(CCO)CCOC2CC(c3ccc4c(c3)OCO4)C=C(C(=O)N3CCC(n4c(=O)[nH]c5ccccc54)CC3)O2)cc1. The lowest BCUT2D eigenvalue weighted by Crippen LogP contribution is -2.43. The van der Waals surface area contributed by atoms with Crippen molar-refractivity contribution in [2.45, 2.75) is 42.4 Å². The molecular weight excluding hydrogens is 680 g/mol. The number of amides is 1. The number of carbonyl (C=O) groups is 1. The second-order valence-electron chi connectivity index (χ2n) is 12.5. The van der Waals surface area contributed by atoms with Gasteiger partial charge < -0.3 is 38.7 Å². The number of benzene rings is 3. The van der Waals surface area contributed by atoms with Crippen molar-refractivity contribution >= 4 is 27.0 Å². The fourth-order valence-corrected chi connectivity index (χ4v) is 8.27. The highest BCUT2D eigenvalue weighted by atomic mass is 32.2. The molecule has 1 amide bonds. The van der Waals surface area contributed by atoms with E-state index in [1.54, 1.807) is 27.7 Å². The summed E-state index contributed by atoms with van der Waals surface area (Å²) in [6, 6.07) is 19.1. The molecule has 270 valence electrons. The highest BCUT2D eigenvalue weighted by Gasteiger charge is 2.34. The van der Waals surface area contributed by atoms with Crippen molar-refractivity contribution in [2.24, 2.45) is 0 Å². The Kier molecular flexibility index (Phi) is 10.0. The normalized spacial score (nSPS) is 19.3. The molecule has 3 aliphatic heterocycles. The van der Waals surface area contributed by atoms with Gasteiger partial charge in [0.05, 0.1) is 36.3 Å². The van der Waals surface area contributed by atoms with E-state index in [-0.39, 0.29) is 67.3 Å². The number of allylic oxidation sites excluding steroid dienone is 1. The van der Waals surface area contributed by atoms with E-state index in [1.807, 2.05) is 42.5 Å². The van der Waals surface area contributed by atoms with Crippen LogP contribution in [0.2, 0.25) is 0 Å². The number of imidazole rings is 1. The summed E-state index contributed by atoms with van der Waals surface area (Å²) >= 11 is 0. The van der Waals surface area contributed by atoms with Gasteiger partial charge in [0.25, 0.3) is 5.91 Å². The fraction of sp³-hybridized carbons (Fsp3) is 0.389. The van der Waals surface area contributed by atoms with Gasteiger partial charge in [-0.2, -0.15) is 4.31 Å². The third-order valence-corrected chi connectivity index (χ3v) is 11.4. The van der Waals surface area contributed by atoms with Gasteiger partial charge in [-0.15, -0.1) is 0 Å². The third kappa shape index (κ3) is 7.19. The van der Waals surface area contributed by atoms with Crippen molar-refractivity contribution in [3.63, 3.8) is 0 Å². The van der Waals surface area contributed by atoms with Gasteiger partial charge >= 0.3 is 5.69 Å². The van der Waals surface area contributed by atoms with Crippen molar-refractivity contribution < 1.29 is 42.0 Å². The van der Waals surface area contributed by atoms with Crippen molar-refractivity contribution in [1.29, 1.82) is 0 Å². The molecule has 4 aromatic rings. The van der Waals surface area contributed by atoms with E-state index >= 15 is 0 Å². The minimum absolute atomic E-state index is 0.0554. The number of fused-ring (bicyclic) bond motifs is 2. The number of aromatic nitrogens is 2. The summed E-state index contributed by atoms with van der Waals surface area (Å²) in [5, 5.41) is 9.68. The van der Waals surface area contributed by atoms with E-state index in [1.165, 1.54) is 19.2 Å². The highest BCUT2D eigenvalue weighted by Crippen LogP contribution is 2.39. The van der Waals surface area contributed by atoms with Gasteiger partial charge in [0.2, 0.25) is 23.1 Å². The Labute approximate surface area is 294 Å². The van der Waals surface area contributed by atoms with Gasteiger partial charge in [-0.3, -0.25) is 9.36 Å². The van der Waals surface area contributed by atoms with Gasteiger partial charge in [0, 0.05) is 44.6 Å². The summed E-state index contributed by atoms with van der Waals surface area (Å²) in [7, 11) is -2.45. The summed E-state index contributed by atoms with van der Waals surface area (Å²) in [4.78, 5) is 31.5. The van der Waals surface area contributed by atoms with Gasteiger partial charge in [-0.25, -0.2) is 13.2 Å². The molecule has 0 radical (unpaired) electrons. The lowest BCUT2D eigenvalue weighted by atomic mass is 9.92. The number of ether oxygens (including phenoxy) is 5. The number of hydrogen-bond donors (Lipinski definition) is 2. The molecule has 0 spiro atoms. The number of nitrogens with zero attached hydrogens (tertiary/aromatic N) is 3. The predicted octanol–water partition coefficient (Wildman–Crippen LogP) is 3.34. The smallest absolute Gasteiger partial charge is 0.326 e. The minimum Gasteiger partial charge on any atom is -0.497 e. The number of nitrogens with one attached hydrogen (secondary N) is 1. The number of likely N-dealkylation sites (tertiary alicyclic amines) is 1. The molecular formula is C36H40N4O10S. The summed E-state index contributed by atoms with van der Waals surface area (Å²) in [6.45, 7) is 0.354. The summed E-state index contributed by atoms with van der Waals surface area (Å²) in [5.74, 6) is 1.33. The number of para-hydroxylation sites is 2. The molecule has 1 aromatic heterocycles. The molecule has 3 aliphatic rings. The zero-order valence-corrected chi connectivity index (χ0v) is 28.9. The first-order valence-corrected chi connectivity index (χ1v) is 18.3. The largest absolute Gasteiger partial charge is 0.497 e. The Morgan fingerprint density at radius 3 is 2.55 bits per heavy atom. The van der Waals surface area contributed by atoms with Crippen LogP contribution in [0.15, 0.2) is 88.3 Å². The number of H-pyrrole nitrogens is 1. The molecule has 0 saturated carbocycles. The number of aliphatic hydroxyl groups excluding tert-OH is 1. The van der Waals surface area contributed by atoms with Gasteiger partial charge in [0.1, 0.15) is 5.75 Å². The van der Waals surface area contributed by atoms with Gasteiger partial charge in [-0.1, -0.05) is 18.2 Å². The molecule has 3 aromatic carbocycles. The first-order valence-electron chi connectivity index (χ1n) is 16.9. The second kappa shape index (κ2) is 14.8. The number of carbonyl (C=O) groups excluding carboxylic acids is 1. The quantitative estimate of drug-likeness (QED) is 0.222. The van der Waals surface area contributed by atoms with Crippen LogP contribution < -0.4 is 19.9 Å². The molecule has 0 bridgehead atoms. The molecule has 15 heteroatoms. The first kappa shape index (κ1) is 34.6. The van der Waals surface area contributed by atoms with Gasteiger partial charge in [-0.05, 0) is 73.0 Å². The van der Waals surface area contributed by atoms with Crippen LogP contribution >= 0.6 is 0 Å².